The summed E-state index contributed by atoms with van der Waals surface area (Å²) in [5.41, 5.74) is 0.404. The Balaban J connectivity index is 3.31. The van der Waals surface area contributed by atoms with E-state index in [0.29, 0.717) is 15.6 Å². The molecule has 4 heteroatoms. The van der Waals surface area contributed by atoms with Gasteiger partial charge in [-0.05, 0) is 25.3 Å². The molecule has 0 aromatic heterocycles. The van der Waals surface area contributed by atoms with E-state index in [-0.39, 0.29) is 5.78 Å². The maximum atomic E-state index is 11.1. The van der Waals surface area contributed by atoms with E-state index in [9.17, 15) is 4.79 Å². The predicted octanol–water partition coefficient (Wildman–Crippen LogP) is 3.92. The number of hydrogen-bond acceptors (Lipinski definition) is 2. The molecule has 0 N–H and O–H groups in total. The summed E-state index contributed by atoms with van der Waals surface area (Å²) in [6.45, 7) is 1.45. The predicted molar refractivity (Wildman–Crippen MR) is 58.2 cm³/mol. The van der Waals surface area contributed by atoms with Gasteiger partial charge in [0.25, 0.3) is 0 Å². The zero-order chi connectivity index (χ0) is 10.0. The summed E-state index contributed by atoms with van der Waals surface area (Å²) >= 11 is 13.3. The number of benzene rings is 1. The van der Waals surface area contributed by atoms with E-state index in [0.717, 1.165) is 4.90 Å². The number of carbonyl (C=O) groups is 1. The first-order valence-electron chi connectivity index (χ1n) is 3.60. The smallest absolute Gasteiger partial charge is 0.162 e. The van der Waals surface area contributed by atoms with Crippen molar-refractivity contribution in [3.8, 4) is 0 Å². The third kappa shape index (κ3) is 2.39. The summed E-state index contributed by atoms with van der Waals surface area (Å²) in [4.78, 5) is 12.1. The molecule has 0 bridgehead atoms. The molecule has 0 unspecified atom stereocenters. The number of hydrogen-bond donors (Lipinski definition) is 0. The lowest BCUT2D eigenvalue weighted by Crippen LogP contribution is -1.95. The van der Waals surface area contributed by atoms with Crippen molar-refractivity contribution < 1.29 is 4.79 Å². The molecule has 0 amide bonds. The van der Waals surface area contributed by atoms with Crippen LogP contribution in [0.1, 0.15) is 17.3 Å². The van der Waals surface area contributed by atoms with Gasteiger partial charge in [0.15, 0.2) is 5.78 Å². The lowest BCUT2D eigenvalue weighted by Gasteiger charge is -2.05. The molecule has 0 saturated carbocycles. The summed E-state index contributed by atoms with van der Waals surface area (Å²) in [5, 5.41) is 0.841. The highest BCUT2D eigenvalue weighted by Gasteiger charge is 2.11. The number of Topliss-reactive ketones (excluding diaryl/α,β-unsaturated/α-hetero) is 1. The van der Waals surface area contributed by atoms with E-state index in [2.05, 4.69) is 0 Å². The Bertz CT molecular complexity index is 326. The molecule has 0 heterocycles. The van der Waals surface area contributed by atoms with Gasteiger partial charge in [-0.2, -0.15) is 0 Å². The fraction of sp³-hybridized carbons (Fsp3) is 0.222. The normalized spacial score (nSPS) is 10.2. The number of thioether (sulfide) groups is 1. The van der Waals surface area contributed by atoms with Crippen molar-refractivity contribution in [1.82, 2.24) is 0 Å². The monoisotopic (exact) mass is 234 g/mol. The van der Waals surface area contributed by atoms with E-state index in [1.165, 1.54) is 18.7 Å². The lowest BCUT2D eigenvalue weighted by molar-refractivity contribution is 0.101. The van der Waals surface area contributed by atoms with Gasteiger partial charge >= 0.3 is 0 Å². The molecular formula is C9H8Cl2OS. The van der Waals surface area contributed by atoms with Crippen molar-refractivity contribution in [2.45, 2.75) is 11.8 Å². The SMILES string of the molecule is CSc1cc(Cl)c(C(C)=O)c(Cl)c1. The quantitative estimate of drug-likeness (QED) is 0.570. The Labute approximate surface area is 91.4 Å². The van der Waals surface area contributed by atoms with Crippen molar-refractivity contribution in [2.75, 3.05) is 6.26 Å². The van der Waals surface area contributed by atoms with Gasteiger partial charge in [-0.25, -0.2) is 0 Å². The Kier molecular flexibility index (Phi) is 3.65. The zero-order valence-electron chi connectivity index (χ0n) is 7.23. The van der Waals surface area contributed by atoms with Gasteiger partial charge in [0.1, 0.15) is 0 Å². The molecule has 0 aliphatic rings. The Hall–Kier alpha value is -0.180. The first-order valence-corrected chi connectivity index (χ1v) is 5.58. The number of halogens is 2. The molecule has 13 heavy (non-hydrogen) atoms. The topological polar surface area (TPSA) is 17.1 Å². The molecule has 1 nitrogen and oxygen atoms in total. The van der Waals surface area contributed by atoms with Crippen LogP contribution in [0.5, 0.6) is 0 Å². The highest BCUT2D eigenvalue weighted by Crippen LogP contribution is 2.30. The second-order valence-corrected chi connectivity index (χ2v) is 4.22. The van der Waals surface area contributed by atoms with Crippen molar-refractivity contribution in [3.05, 3.63) is 27.7 Å². The van der Waals surface area contributed by atoms with E-state index < -0.39 is 0 Å². The standard InChI is InChI=1S/C9H8Cl2OS/c1-5(12)9-7(10)3-6(13-2)4-8(9)11/h3-4H,1-2H3. The molecule has 0 spiro atoms. The summed E-state index contributed by atoms with van der Waals surface area (Å²) in [7, 11) is 0. The minimum atomic E-state index is -0.109. The minimum Gasteiger partial charge on any atom is -0.294 e. The maximum Gasteiger partial charge on any atom is 0.162 e. The van der Waals surface area contributed by atoms with E-state index >= 15 is 0 Å². The molecule has 0 radical (unpaired) electrons. The lowest BCUT2D eigenvalue weighted by atomic mass is 10.1. The van der Waals surface area contributed by atoms with E-state index in [4.69, 9.17) is 23.2 Å². The number of rotatable bonds is 2. The van der Waals surface area contributed by atoms with Crippen LogP contribution in [0.2, 0.25) is 10.0 Å². The molecule has 0 fully saturated rings. The molecule has 1 aromatic carbocycles. The van der Waals surface area contributed by atoms with Gasteiger partial charge in [-0.3, -0.25) is 4.79 Å². The molecule has 1 rings (SSSR count). The first-order chi connectivity index (χ1) is 6.06. The van der Waals surface area contributed by atoms with Crippen molar-refractivity contribution in [3.63, 3.8) is 0 Å². The van der Waals surface area contributed by atoms with E-state index in [1.807, 2.05) is 6.26 Å². The fourth-order valence-corrected chi connectivity index (χ4v) is 2.36. The summed E-state index contributed by atoms with van der Waals surface area (Å²) in [5.74, 6) is -0.109. The molecule has 0 aliphatic carbocycles. The van der Waals surface area contributed by atoms with Gasteiger partial charge in [0, 0.05) is 4.90 Å². The van der Waals surface area contributed by atoms with Crippen molar-refractivity contribution in [1.29, 1.82) is 0 Å². The highest BCUT2D eigenvalue weighted by molar-refractivity contribution is 7.98. The molecule has 1 aromatic rings. The van der Waals surface area contributed by atoms with Gasteiger partial charge in [0.2, 0.25) is 0 Å². The minimum absolute atomic E-state index is 0.109. The molecule has 70 valence electrons. The summed E-state index contributed by atoms with van der Waals surface area (Å²) in [6, 6.07) is 3.49. The van der Waals surface area contributed by atoms with Crippen LogP contribution in [0.25, 0.3) is 0 Å². The van der Waals surface area contributed by atoms with Crippen LogP contribution in [-0.2, 0) is 0 Å². The summed E-state index contributed by atoms with van der Waals surface area (Å²) in [6.07, 6.45) is 1.93. The zero-order valence-corrected chi connectivity index (χ0v) is 9.56. The Morgan fingerprint density at radius 1 is 1.31 bits per heavy atom. The van der Waals surface area contributed by atoms with Crippen LogP contribution in [-0.4, -0.2) is 12.0 Å². The van der Waals surface area contributed by atoms with E-state index in [1.54, 1.807) is 12.1 Å². The van der Waals surface area contributed by atoms with Crippen LogP contribution < -0.4 is 0 Å². The van der Waals surface area contributed by atoms with Gasteiger partial charge in [-0.1, -0.05) is 23.2 Å². The maximum absolute atomic E-state index is 11.1. The molecule has 0 aliphatic heterocycles. The average Bonchev–Trinajstić information content (AvgIpc) is 2.02. The third-order valence-corrected chi connectivity index (χ3v) is 2.91. The van der Waals surface area contributed by atoms with Gasteiger partial charge in [0.05, 0.1) is 15.6 Å². The van der Waals surface area contributed by atoms with Gasteiger partial charge < -0.3 is 0 Å². The molecule has 0 saturated heterocycles. The Morgan fingerprint density at radius 2 is 1.77 bits per heavy atom. The second-order valence-electron chi connectivity index (χ2n) is 2.52. The third-order valence-electron chi connectivity index (χ3n) is 1.60. The molecule has 0 atom stereocenters. The second kappa shape index (κ2) is 4.36. The largest absolute Gasteiger partial charge is 0.294 e. The average molecular weight is 235 g/mol. The van der Waals surface area contributed by atoms with Gasteiger partial charge in [-0.15, -0.1) is 11.8 Å². The summed E-state index contributed by atoms with van der Waals surface area (Å²) < 4.78 is 0. The fourth-order valence-electron chi connectivity index (χ4n) is 1.00. The molecular weight excluding hydrogens is 227 g/mol. The van der Waals surface area contributed by atoms with Crippen LogP contribution in [0.4, 0.5) is 0 Å². The highest BCUT2D eigenvalue weighted by atomic mass is 35.5. The number of carbonyl (C=O) groups excluding carboxylic acids is 1. The first kappa shape index (κ1) is 10.9. The van der Waals surface area contributed by atoms with Crippen molar-refractivity contribution >= 4 is 40.7 Å². The van der Waals surface area contributed by atoms with Crippen LogP contribution >= 0.6 is 35.0 Å². The van der Waals surface area contributed by atoms with Crippen molar-refractivity contribution in [2.24, 2.45) is 0 Å². The number of ketones is 1. The van der Waals surface area contributed by atoms with Crippen LogP contribution in [0.3, 0.4) is 0 Å². The van der Waals surface area contributed by atoms with Crippen LogP contribution in [0, 0.1) is 0 Å². The van der Waals surface area contributed by atoms with Crippen LogP contribution in [0.15, 0.2) is 17.0 Å². The Morgan fingerprint density at radius 3 is 2.08 bits per heavy atom.